The highest BCUT2D eigenvalue weighted by Crippen LogP contribution is 2.53. The Morgan fingerprint density at radius 1 is 1.00 bits per heavy atom. The lowest BCUT2D eigenvalue weighted by atomic mass is 9.67. The van der Waals surface area contributed by atoms with Crippen LogP contribution in [0.15, 0.2) is 65.0 Å². The fourth-order valence-electron chi connectivity index (χ4n) is 12.9. The largest absolute Gasteiger partial charge is 0.508 e. The van der Waals surface area contributed by atoms with Crippen molar-refractivity contribution in [1.82, 2.24) is 10.2 Å². The number of phenolic OH excluding ortho intramolecular Hbond substituents is 1. The van der Waals surface area contributed by atoms with Gasteiger partial charge < -0.3 is 40.5 Å². The van der Waals surface area contributed by atoms with E-state index in [1.165, 1.54) is 43.7 Å². The maximum absolute atomic E-state index is 13.4. The van der Waals surface area contributed by atoms with Gasteiger partial charge in [-0.2, -0.15) is 0 Å². The van der Waals surface area contributed by atoms with Crippen molar-refractivity contribution in [2.24, 2.45) is 39.8 Å². The summed E-state index contributed by atoms with van der Waals surface area (Å²) in [4.78, 5) is 20.6. The molecule has 2 aromatic rings. The van der Waals surface area contributed by atoms with Gasteiger partial charge in [-0.3, -0.25) is 15.1 Å². The number of nitrogens with one attached hydrogen (secondary N) is 1. The van der Waals surface area contributed by atoms with E-state index in [-0.39, 0.29) is 48.6 Å². The van der Waals surface area contributed by atoms with Gasteiger partial charge in [0, 0.05) is 55.3 Å². The number of carbonyl (C=O) groups is 1. The lowest BCUT2D eigenvalue weighted by molar-refractivity contribution is -0.122. The summed E-state index contributed by atoms with van der Waals surface area (Å²) in [5.41, 5.74) is 14.0. The molecule has 0 radical (unpaired) electrons. The number of aliphatic hydroxyl groups is 3. The third-order valence-corrected chi connectivity index (χ3v) is 16.4. The number of hydrogen-bond donors (Lipinski definition) is 6. The minimum Gasteiger partial charge on any atom is -0.508 e. The summed E-state index contributed by atoms with van der Waals surface area (Å²) < 4.78 is 13.3. The Hall–Kier alpha value is -4.88. The van der Waals surface area contributed by atoms with Gasteiger partial charge in [0.1, 0.15) is 23.7 Å². The number of hydrogen-bond acceptors (Lipinski definition) is 11. The first-order chi connectivity index (χ1) is 31.1. The van der Waals surface area contributed by atoms with Gasteiger partial charge in [-0.25, -0.2) is 0 Å². The monoisotopic (exact) mass is 864 g/mol. The number of fused-ring (bicyclic) bond motifs is 6. The molecule has 9 aliphatic rings. The predicted molar refractivity (Wildman–Crippen MR) is 242 cm³/mol. The molecule has 64 heavy (non-hydrogen) atoms. The molecule has 5 aliphatic heterocycles. The zero-order chi connectivity index (χ0) is 43.7. The van der Waals surface area contributed by atoms with Gasteiger partial charge in [-0.05, 0) is 109 Å². The molecule has 0 aromatic heterocycles. The van der Waals surface area contributed by atoms with Crippen LogP contribution in [0, 0.1) is 53.0 Å². The van der Waals surface area contributed by atoms with Crippen molar-refractivity contribution in [2.45, 2.75) is 139 Å². The van der Waals surface area contributed by atoms with Crippen LogP contribution < -0.4 is 20.5 Å². The van der Waals surface area contributed by atoms with Gasteiger partial charge in [0.15, 0.2) is 17.7 Å². The van der Waals surface area contributed by atoms with E-state index in [1.807, 2.05) is 18.3 Å². The average Bonchev–Trinajstić information content (AvgIpc) is 4.05. The van der Waals surface area contributed by atoms with Crippen molar-refractivity contribution >= 4 is 11.5 Å². The second-order valence-corrected chi connectivity index (χ2v) is 20.1. The summed E-state index contributed by atoms with van der Waals surface area (Å²) in [6.07, 6.45) is 20.0. The molecule has 334 valence electrons. The lowest BCUT2D eigenvalue weighted by Crippen LogP contribution is -2.47. The molecule has 2 fully saturated rings. The molecule has 5 heterocycles. The fourth-order valence-corrected chi connectivity index (χ4v) is 12.9. The van der Waals surface area contributed by atoms with E-state index >= 15 is 0 Å². The number of allylic oxidation sites excluding steroid dienone is 2. The van der Waals surface area contributed by atoms with Gasteiger partial charge in [0.2, 0.25) is 0 Å². The lowest BCUT2D eigenvalue weighted by Gasteiger charge is -2.41. The van der Waals surface area contributed by atoms with Gasteiger partial charge in [-0.15, -0.1) is 0 Å². The maximum Gasteiger partial charge on any atom is 0.187 e. The number of nitrogens with two attached hydrogens (primary N) is 1. The van der Waals surface area contributed by atoms with Crippen LogP contribution in [0.4, 0.5) is 0 Å². The Kier molecular flexibility index (Phi) is 11.0. The SMILES string of the molecule is NC1NCC2CCC3C4=CN=C5CN(C=C45)C4Oc5cc(CCC(=O)CC(O)C6C=CC(C7CCCCC7)CC6O)c(O)cc5OC#CC5(CCCC5)C4C#CC(O)c4ccc1c2c43. The van der Waals surface area contributed by atoms with E-state index in [0.717, 1.165) is 78.6 Å². The van der Waals surface area contributed by atoms with Crippen LogP contribution in [0.25, 0.3) is 0 Å². The number of rotatable bonds is 7. The number of carbonyl (C=O) groups excluding carboxylic acids is 1. The standard InChI is InChI=1S/C53H60N4O7/c54-51-38-15-14-37-43(59)17-16-41-52(57-28-40-39(27-55-42(40)29-57)35-12-10-33(26-56-51)49(38)50(35)37)64-48-23-32(44(60)25-47(48)63-21-20-53(41)18-4-5-19-53)8-11-34(58)24-46(62)36-13-9-31(22-45(36)61)30-6-2-1-3-7-30/h9,13-15,23,25,27-28,30-31,33,35-36,41,43,45-46,51-52,56,59-62H,1-8,10-12,18-19,22,24,26,29,54H2. The molecule has 11 heteroatoms. The Morgan fingerprint density at radius 2 is 1.83 bits per heavy atom. The van der Waals surface area contributed by atoms with Crippen molar-refractivity contribution in [3.05, 3.63) is 87.8 Å². The van der Waals surface area contributed by atoms with Crippen molar-refractivity contribution in [3.63, 3.8) is 0 Å². The fraction of sp³-hybridized carbons (Fsp3) is 0.547. The summed E-state index contributed by atoms with van der Waals surface area (Å²) in [5, 5.41) is 49.3. The van der Waals surface area contributed by atoms with Gasteiger partial charge in [0.05, 0.1) is 42.0 Å². The van der Waals surface area contributed by atoms with Gasteiger partial charge in [0.25, 0.3) is 0 Å². The van der Waals surface area contributed by atoms with E-state index in [0.29, 0.717) is 42.0 Å². The molecular weight excluding hydrogens is 805 g/mol. The zero-order valence-electron chi connectivity index (χ0n) is 36.5. The van der Waals surface area contributed by atoms with E-state index in [2.05, 4.69) is 52.4 Å². The molecule has 11 nitrogen and oxygen atoms in total. The summed E-state index contributed by atoms with van der Waals surface area (Å²) in [6, 6.07) is 7.33. The van der Waals surface area contributed by atoms with Crippen molar-refractivity contribution in [2.75, 3.05) is 13.1 Å². The minimum absolute atomic E-state index is 0.0189. The smallest absolute Gasteiger partial charge is 0.187 e. The van der Waals surface area contributed by atoms with Crippen LogP contribution in [0.2, 0.25) is 0 Å². The quantitative estimate of drug-likeness (QED) is 0.128. The summed E-state index contributed by atoms with van der Waals surface area (Å²) in [5.74, 6) is 11.1. The molecule has 0 saturated heterocycles. The highest BCUT2D eigenvalue weighted by molar-refractivity contribution is 6.09. The number of aromatic hydroxyl groups is 1. The number of aliphatic hydroxyl groups excluding tert-OH is 3. The second kappa shape index (κ2) is 16.8. The Morgan fingerprint density at radius 3 is 2.66 bits per heavy atom. The van der Waals surface area contributed by atoms with Crippen LogP contribution in [-0.4, -0.2) is 68.3 Å². The number of ketones is 1. The average molecular weight is 865 g/mol. The number of benzene rings is 2. The predicted octanol–water partition coefficient (Wildman–Crippen LogP) is 6.82. The highest BCUT2D eigenvalue weighted by atomic mass is 16.5. The van der Waals surface area contributed by atoms with Crippen LogP contribution >= 0.6 is 0 Å². The van der Waals surface area contributed by atoms with E-state index in [1.54, 1.807) is 6.07 Å². The molecule has 1 spiro atoms. The highest BCUT2D eigenvalue weighted by Gasteiger charge is 2.50. The van der Waals surface area contributed by atoms with Crippen LogP contribution in [0.3, 0.4) is 0 Å². The van der Waals surface area contributed by atoms with E-state index < -0.39 is 41.8 Å². The topological polar surface area (TPSA) is 170 Å². The Balaban J connectivity index is 0.895. The molecule has 10 unspecified atom stereocenters. The Bertz CT molecular complexity index is 2470. The van der Waals surface area contributed by atoms with Crippen molar-refractivity contribution in [1.29, 1.82) is 0 Å². The van der Waals surface area contributed by atoms with E-state index in [4.69, 9.17) is 20.2 Å². The second-order valence-electron chi connectivity index (χ2n) is 20.1. The number of nitrogens with zero attached hydrogens (tertiary/aromatic N) is 2. The van der Waals surface area contributed by atoms with Gasteiger partial charge >= 0.3 is 0 Å². The molecule has 2 saturated carbocycles. The molecule has 10 atom stereocenters. The molecule has 7 N–H and O–H groups in total. The number of aliphatic imine (C=N–C) groups is 1. The molecule has 2 bridgehead atoms. The van der Waals surface area contributed by atoms with Crippen LogP contribution in [0.5, 0.6) is 17.2 Å². The first-order valence-electron chi connectivity index (χ1n) is 24.0. The van der Waals surface area contributed by atoms with Crippen molar-refractivity contribution < 1.29 is 34.7 Å². The van der Waals surface area contributed by atoms with Crippen LogP contribution in [0.1, 0.15) is 142 Å². The van der Waals surface area contributed by atoms with Crippen LogP contribution in [-0.2, 0) is 11.2 Å². The minimum atomic E-state index is -1.06. The van der Waals surface area contributed by atoms with Crippen molar-refractivity contribution in [3.8, 4) is 41.1 Å². The Labute approximate surface area is 375 Å². The third kappa shape index (κ3) is 7.38. The first kappa shape index (κ1) is 41.8. The molecule has 4 aliphatic carbocycles. The normalized spacial score (nSPS) is 32.3. The summed E-state index contributed by atoms with van der Waals surface area (Å²) in [7, 11) is 0. The number of phenols is 1. The maximum atomic E-state index is 13.4. The summed E-state index contributed by atoms with van der Waals surface area (Å²) >= 11 is 0. The van der Waals surface area contributed by atoms with E-state index in [9.17, 15) is 25.2 Å². The molecule has 0 amide bonds. The molecule has 11 rings (SSSR count). The number of Topliss-reactive ketones (excluding diaryl/α,β-unsaturated/α-hetero) is 1. The number of aryl methyl sites for hydroxylation is 1. The van der Waals surface area contributed by atoms with Gasteiger partial charge in [-0.1, -0.05) is 74.2 Å². The summed E-state index contributed by atoms with van der Waals surface area (Å²) in [6.45, 7) is 1.29. The zero-order valence-corrected chi connectivity index (χ0v) is 36.5. The number of ether oxygens (including phenoxy) is 2. The molecule has 2 aromatic carbocycles. The first-order valence-corrected chi connectivity index (χ1v) is 24.0. The molecular formula is C53H60N4O7. The third-order valence-electron chi connectivity index (χ3n) is 16.4.